The number of aromatic nitrogens is 3. The quantitative estimate of drug-likeness (QED) is 0.819. The van der Waals surface area contributed by atoms with E-state index in [2.05, 4.69) is 59.5 Å². The van der Waals surface area contributed by atoms with E-state index in [1.807, 2.05) is 17.7 Å². The zero-order chi connectivity index (χ0) is 13.0. The fraction of sp³-hybridized carbons (Fsp3) is 0.333. The van der Waals surface area contributed by atoms with E-state index in [-0.39, 0.29) is 0 Å². The van der Waals surface area contributed by atoms with Gasteiger partial charge in [0.2, 0.25) is 0 Å². The van der Waals surface area contributed by atoms with Gasteiger partial charge in [-0.2, -0.15) is 0 Å². The molecule has 0 radical (unpaired) electrons. The number of nitrogens with zero attached hydrogens (tertiary/aromatic N) is 3. The van der Waals surface area contributed by atoms with Crippen LogP contribution in [-0.2, 0) is 20.0 Å². The van der Waals surface area contributed by atoms with Gasteiger partial charge >= 0.3 is 0 Å². The molecule has 1 aromatic heterocycles. The molecule has 0 atom stereocenters. The second kappa shape index (κ2) is 6.45. The lowest BCUT2D eigenvalue weighted by Gasteiger charge is -2.06. The Bertz CT molecular complexity index is 525. The number of halogens is 2. The van der Waals surface area contributed by atoms with Crippen LogP contribution in [0.3, 0.4) is 0 Å². The number of nitrogens with one attached hydrogen (secondary N) is 1. The Balaban J connectivity index is 1.78. The summed E-state index contributed by atoms with van der Waals surface area (Å²) < 4.78 is 4.10. The molecule has 1 heterocycles. The molecule has 0 amide bonds. The van der Waals surface area contributed by atoms with Crippen LogP contribution >= 0.6 is 31.9 Å². The van der Waals surface area contributed by atoms with Gasteiger partial charge in [-0.25, -0.2) is 0 Å². The monoisotopic (exact) mass is 372 g/mol. The second-order valence-electron chi connectivity index (χ2n) is 4.03. The van der Waals surface area contributed by atoms with Crippen molar-refractivity contribution in [2.24, 2.45) is 7.05 Å². The molecule has 2 aromatic rings. The summed E-state index contributed by atoms with van der Waals surface area (Å²) in [7, 11) is 1.96. The highest BCUT2D eigenvalue weighted by molar-refractivity contribution is 9.13. The van der Waals surface area contributed by atoms with Crippen LogP contribution in [0.25, 0.3) is 0 Å². The minimum atomic E-state index is 0.851. The highest BCUT2D eigenvalue weighted by atomic mass is 79.9. The first-order chi connectivity index (χ1) is 8.66. The third-order valence-electron chi connectivity index (χ3n) is 2.64. The smallest absolute Gasteiger partial charge is 0.133 e. The van der Waals surface area contributed by atoms with Gasteiger partial charge in [-0.1, -0.05) is 6.07 Å². The number of aryl methyl sites for hydroxylation is 1. The van der Waals surface area contributed by atoms with Crippen LogP contribution in [0.2, 0.25) is 0 Å². The molecule has 0 aliphatic rings. The Morgan fingerprint density at radius 1 is 1.28 bits per heavy atom. The van der Waals surface area contributed by atoms with Crippen molar-refractivity contribution in [1.29, 1.82) is 0 Å². The molecule has 18 heavy (non-hydrogen) atoms. The molecule has 0 fully saturated rings. The average Bonchev–Trinajstić information content (AvgIpc) is 2.75. The molecule has 1 N–H and O–H groups in total. The van der Waals surface area contributed by atoms with Crippen molar-refractivity contribution in [3.05, 3.63) is 44.9 Å². The number of hydrogen-bond acceptors (Lipinski definition) is 3. The molecule has 0 unspecified atom stereocenters. The van der Waals surface area contributed by atoms with Gasteiger partial charge in [0.05, 0.1) is 0 Å². The molecule has 6 heteroatoms. The summed E-state index contributed by atoms with van der Waals surface area (Å²) in [5.41, 5.74) is 1.25. The van der Waals surface area contributed by atoms with E-state index < -0.39 is 0 Å². The summed E-state index contributed by atoms with van der Waals surface area (Å²) in [4.78, 5) is 0. The molecular weight excluding hydrogens is 360 g/mol. The van der Waals surface area contributed by atoms with E-state index in [0.29, 0.717) is 0 Å². The molecular formula is C12H14Br2N4. The Hall–Kier alpha value is -0.720. The van der Waals surface area contributed by atoms with Crippen LogP contribution in [0.4, 0.5) is 0 Å². The summed E-state index contributed by atoms with van der Waals surface area (Å²) in [6.07, 6.45) is 2.61. The van der Waals surface area contributed by atoms with Crippen molar-refractivity contribution in [1.82, 2.24) is 20.1 Å². The lowest BCUT2D eigenvalue weighted by molar-refractivity contribution is 0.653. The van der Waals surface area contributed by atoms with E-state index in [1.54, 1.807) is 6.33 Å². The van der Waals surface area contributed by atoms with Gasteiger partial charge in [-0.05, 0) is 49.6 Å². The molecule has 96 valence electrons. The van der Waals surface area contributed by atoms with E-state index in [0.717, 1.165) is 34.3 Å². The first-order valence-corrected chi connectivity index (χ1v) is 7.23. The van der Waals surface area contributed by atoms with E-state index in [1.165, 1.54) is 5.56 Å². The molecule has 0 saturated heterocycles. The summed E-state index contributed by atoms with van der Waals surface area (Å²) in [5.74, 6) is 1.000. The van der Waals surface area contributed by atoms with Gasteiger partial charge < -0.3 is 9.88 Å². The number of hydrogen-bond donors (Lipinski definition) is 1. The van der Waals surface area contributed by atoms with E-state index in [4.69, 9.17) is 0 Å². The van der Waals surface area contributed by atoms with Gasteiger partial charge in [0.1, 0.15) is 12.2 Å². The molecule has 0 aliphatic heterocycles. The summed E-state index contributed by atoms with van der Waals surface area (Å²) >= 11 is 6.96. The van der Waals surface area contributed by atoms with Gasteiger partial charge in [0, 0.05) is 35.5 Å². The van der Waals surface area contributed by atoms with Crippen LogP contribution in [0, 0.1) is 0 Å². The first-order valence-electron chi connectivity index (χ1n) is 5.64. The van der Waals surface area contributed by atoms with Crippen LogP contribution in [-0.4, -0.2) is 21.3 Å². The topological polar surface area (TPSA) is 42.7 Å². The molecule has 4 nitrogen and oxygen atoms in total. The molecule has 0 spiro atoms. The van der Waals surface area contributed by atoms with Crippen molar-refractivity contribution in [2.75, 3.05) is 6.54 Å². The summed E-state index contributed by atoms with van der Waals surface area (Å²) in [6.45, 7) is 1.74. The Morgan fingerprint density at radius 3 is 2.78 bits per heavy atom. The van der Waals surface area contributed by atoms with Crippen molar-refractivity contribution in [3.8, 4) is 0 Å². The Morgan fingerprint density at radius 2 is 2.11 bits per heavy atom. The zero-order valence-corrected chi connectivity index (χ0v) is 13.2. The van der Waals surface area contributed by atoms with Crippen molar-refractivity contribution >= 4 is 31.9 Å². The minimum Gasteiger partial charge on any atom is -0.321 e. The lowest BCUT2D eigenvalue weighted by Crippen LogP contribution is -2.18. The lowest BCUT2D eigenvalue weighted by atomic mass is 10.2. The summed E-state index contributed by atoms with van der Waals surface area (Å²) in [5, 5.41) is 11.3. The zero-order valence-electron chi connectivity index (χ0n) is 10.0. The molecule has 0 saturated carbocycles. The van der Waals surface area contributed by atoms with Crippen molar-refractivity contribution < 1.29 is 0 Å². The van der Waals surface area contributed by atoms with Crippen LogP contribution in [0.15, 0.2) is 33.5 Å². The van der Waals surface area contributed by atoms with Crippen LogP contribution < -0.4 is 5.32 Å². The minimum absolute atomic E-state index is 0.851. The Labute approximate surface area is 123 Å². The number of rotatable bonds is 5. The predicted molar refractivity (Wildman–Crippen MR) is 78.3 cm³/mol. The third kappa shape index (κ3) is 3.63. The second-order valence-corrected chi connectivity index (χ2v) is 5.74. The van der Waals surface area contributed by atoms with Gasteiger partial charge in [-0.15, -0.1) is 10.2 Å². The summed E-state index contributed by atoms with van der Waals surface area (Å²) in [6, 6.07) is 6.26. The van der Waals surface area contributed by atoms with E-state index in [9.17, 15) is 0 Å². The van der Waals surface area contributed by atoms with Crippen molar-refractivity contribution in [2.45, 2.75) is 13.0 Å². The molecule has 0 aliphatic carbocycles. The molecule has 0 bridgehead atoms. The SMILES string of the molecule is Cn1cnnc1CCNCc1ccc(Br)c(Br)c1. The molecule has 1 aromatic carbocycles. The highest BCUT2D eigenvalue weighted by Crippen LogP contribution is 2.23. The fourth-order valence-corrected chi connectivity index (χ4v) is 2.29. The standard InChI is InChI=1S/C12H14Br2N4/c1-18-8-16-17-12(18)4-5-15-7-9-2-3-10(13)11(14)6-9/h2-3,6,8,15H,4-5,7H2,1H3. The fourth-order valence-electron chi connectivity index (χ4n) is 1.62. The predicted octanol–water partition coefficient (Wildman–Crippen LogP) is 2.67. The van der Waals surface area contributed by atoms with Crippen molar-refractivity contribution in [3.63, 3.8) is 0 Å². The van der Waals surface area contributed by atoms with Crippen LogP contribution in [0.1, 0.15) is 11.4 Å². The van der Waals surface area contributed by atoms with Crippen LogP contribution in [0.5, 0.6) is 0 Å². The number of benzene rings is 1. The largest absolute Gasteiger partial charge is 0.321 e. The van der Waals surface area contributed by atoms with E-state index >= 15 is 0 Å². The Kier molecular flexibility index (Phi) is 4.91. The highest BCUT2D eigenvalue weighted by Gasteiger charge is 2.01. The van der Waals surface area contributed by atoms with Gasteiger partial charge in [-0.3, -0.25) is 0 Å². The normalized spacial score (nSPS) is 10.8. The van der Waals surface area contributed by atoms with Gasteiger partial charge in [0.25, 0.3) is 0 Å². The first kappa shape index (κ1) is 13.7. The van der Waals surface area contributed by atoms with Gasteiger partial charge in [0.15, 0.2) is 0 Å². The molecule has 2 rings (SSSR count). The maximum absolute atomic E-state index is 4.05. The third-order valence-corrected chi connectivity index (χ3v) is 4.52. The maximum atomic E-state index is 4.05. The maximum Gasteiger partial charge on any atom is 0.133 e. The average molecular weight is 374 g/mol.